The predicted octanol–water partition coefficient (Wildman–Crippen LogP) is 2.13. The number of hydrogen-bond acceptors (Lipinski definition) is 4. The van der Waals surface area contributed by atoms with Crippen molar-refractivity contribution < 1.29 is 4.79 Å². The van der Waals surface area contributed by atoms with Gasteiger partial charge in [0.2, 0.25) is 5.91 Å². The summed E-state index contributed by atoms with van der Waals surface area (Å²) in [5.41, 5.74) is 2.72. The van der Waals surface area contributed by atoms with E-state index in [1.54, 1.807) is 6.20 Å². The summed E-state index contributed by atoms with van der Waals surface area (Å²) < 4.78 is 2.06. The minimum Gasteiger partial charge on any atom is -0.340 e. The van der Waals surface area contributed by atoms with Crippen LogP contribution in [0, 0.1) is 0 Å². The molecule has 4 rings (SSSR count). The standard InChI is InChI=1S/C20H23N5O/c1-23-12-14-24(15-13-23)19(26)10-9-18-22-17-8-5-11-21-20(17)25(18)16-6-3-2-4-7-16/h2-8,11H,9-10,12-15H2,1H3. The molecule has 0 unspecified atom stereocenters. The quantitative estimate of drug-likeness (QED) is 0.724. The first-order chi connectivity index (χ1) is 12.7. The summed E-state index contributed by atoms with van der Waals surface area (Å²) in [4.78, 5) is 26.1. The molecule has 0 aliphatic carbocycles. The first kappa shape index (κ1) is 16.7. The Kier molecular flexibility index (Phi) is 4.67. The van der Waals surface area contributed by atoms with Crippen LogP contribution in [0.15, 0.2) is 48.7 Å². The van der Waals surface area contributed by atoms with Gasteiger partial charge in [-0.15, -0.1) is 0 Å². The van der Waals surface area contributed by atoms with Crippen LogP contribution in [0.4, 0.5) is 0 Å². The molecule has 0 radical (unpaired) electrons. The molecule has 0 atom stereocenters. The van der Waals surface area contributed by atoms with Crippen LogP contribution in [-0.2, 0) is 11.2 Å². The molecule has 0 bridgehead atoms. The molecule has 1 aromatic carbocycles. The molecule has 26 heavy (non-hydrogen) atoms. The van der Waals surface area contributed by atoms with Crippen molar-refractivity contribution in [2.24, 2.45) is 0 Å². The van der Waals surface area contributed by atoms with Crippen LogP contribution in [0.2, 0.25) is 0 Å². The molecule has 0 spiro atoms. The van der Waals surface area contributed by atoms with Crippen LogP contribution in [0.5, 0.6) is 0 Å². The normalized spacial score (nSPS) is 15.5. The lowest BCUT2D eigenvalue weighted by Crippen LogP contribution is -2.47. The largest absolute Gasteiger partial charge is 0.340 e. The van der Waals surface area contributed by atoms with E-state index < -0.39 is 0 Å². The zero-order valence-corrected chi connectivity index (χ0v) is 15.0. The van der Waals surface area contributed by atoms with Crippen LogP contribution in [0.3, 0.4) is 0 Å². The molecule has 2 aromatic heterocycles. The average molecular weight is 349 g/mol. The Bertz CT molecular complexity index is 897. The van der Waals surface area contributed by atoms with Gasteiger partial charge in [-0.1, -0.05) is 18.2 Å². The van der Waals surface area contributed by atoms with Crippen molar-refractivity contribution >= 4 is 17.1 Å². The van der Waals surface area contributed by atoms with Crippen molar-refractivity contribution in [3.05, 3.63) is 54.5 Å². The molecule has 3 heterocycles. The molecule has 1 aliphatic heterocycles. The lowest BCUT2D eigenvalue weighted by atomic mass is 10.2. The minimum atomic E-state index is 0.206. The van der Waals surface area contributed by atoms with E-state index in [1.807, 2.05) is 47.4 Å². The third-order valence-corrected chi connectivity index (χ3v) is 4.92. The predicted molar refractivity (Wildman–Crippen MR) is 101 cm³/mol. The zero-order valence-electron chi connectivity index (χ0n) is 15.0. The summed E-state index contributed by atoms with van der Waals surface area (Å²) in [6, 6.07) is 13.9. The Morgan fingerprint density at radius 2 is 1.81 bits per heavy atom. The third kappa shape index (κ3) is 3.32. The number of aromatic nitrogens is 3. The summed E-state index contributed by atoms with van der Waals surface area (Å²) >= 11 is 0. The number of imidazole rings is 1. The van der Waals surface area contributed by atoms with Crippen molar-refractivity contribution in [1.29, 1.82) is 0 Å². The van der Waals surface area contributed by atoms with Crippen LogP contribution < -0.4 is 0 Å². The van der Waals surface area contributed by atoms with E-state index in [0.717, 1.165) is 48.9 Å². The fourth-order valence-corrected chi connectivity index (χ4v) is 3.41. The SMILES string of the molecule is CN1CCN(C(=O)CCc2nc3cccnc3n2-c2ccccc2)CC1. The van der Waals surface area contributed by atoms with Crippen molar-refractivity contribution in [3.8, 4) is 5.69 Å². The fourth-order valence-electron chi connectivity index (χ4n) is 3.41. The highest BCUT2D eigenvalue weighted by Crippen LogP contribution is 2.21. The molecular formula is C20H23N5O. The molecule has 6 heteroatoms. The second kappa shape index (κ2) is 7.25. The first-order valence-electron chi connectivity index (χ1n) is 9.06. The molecule has 3 aromatic rings. The highest BCUT2D eigenvalue weighted by Gasteiger charge is 2.20. The van der Waals surface area contributed by atoms with Crippen molar-refractivity contribution in [3.63, 3.8) is 0 Å². The Balaban J connectivity index is 1.57. The number of carbonyl (C=O) groups excluding carboxylic acids is 1. The molecule has 1 aliphatic rings. The Morgan fingerprint density at radius 1 is 1.04 bits per heavy atom. The smallest absolute Gasteiger partial charge is 0.223 e. The van der Waals surface area contributed by atoms with Gasteiger partial charge in [0.15, 0.2) is 5.65 Å². The zero-order chi connectivity index (χ0) is 17.9. The second-order valence-corrected chi connectivity index (χ2v) is 6.73. The number of fused-ring (bicyclic) bond motifs is 1. The minimum absolute atomic E-state index is 0.206. The van der Waals surface area contributed by atoms with Crippen molar-refractivity contribution in [1.82, 2.24) is 24.3 Å². The molecule has 1 fully saturated rings. The number of hydrogen-bond donors (Lipinski definition) is 0. The second-order valence-electron chi connectivity index (χ2n) is 6.73. The third-order valence-electron chi connectivity index (χ3n) is 4.92. The molecule has 0 saturated carbocycles. The molecule has 1 amide bonds. The van der Waals surface area contributed by atoms with Gasteiger partial charge in [0.05, 0.1) is 0 Å². The van der Waals surface area contributed by atoms with E-state index in [0.29, 0.717) is 12.8 Å². The number of benzene rings is 1. The van der Waals surface area contributed by atoms with Gasteiger partial charge in [-0.3, -0.25) is 9.36 Å². The topological polar surface area (TPSA) is 54.3 Å². The Hall–Kier alpha value is -2.73. The first-order valence-corrected chi connectivity index (χ1v) is 9.06. The molecular weight excluding hydrogens is 326 g/mol. The van der Waals surface area contributed by atoms with Gasteiger partial charge in [-0.2, -0.15) is 0 Å². The van der Waals surface area contributed by atoms with Crippen LogP contribution in [0.1, 0.15) is 12.2 Å². The van der Waals surface area contributed by atoms with Crippen LogP contribution in [0.25, 0.3) is 16.9 Å². The van der Waals surface area contributed by atoms with Gasteiger partial charge in [0, 0.05) is 50.9 Å². The molecule has 0 N–H and O–H groups in total. The van der Waals surface area contributed by atoms with E-state index in [9.17, 15) is 4.79 Å². The van der Waals surface area contributed by atoms with E-state index in [1.165, 1.54) is 0 Å². The number of nitrogens with zero attached hydrogens (tertiary/aromatic N) is 5. The number of aryl methyl sites for hydroxylation is 1. The maximum absolute atomic E-state index is 12.6. The van der Waals surface area contributed by atoms with E-state index >= 15 is 0 Å². The van der Waals surface area contributed by atoms with Gasteiger partial charge in [-0.25, -0.2) is 9.97 Å². The number of likely N-dealkylation sites (N-methyl/N-ethyl adjacent to an activating group) is 1. The lowest BCUT2D eigenvalue weighted by molar-refractivity contribution is -0.132. The van der Waals surface area contributed by atoms with Crippen molar-refractivity contribution in [2.75, 3.05) is 33.2 Å². The summed E-state index contributed by atoms with van der Waals surface area (Å²) in [6.07, 6.45) is 2.86. The van der Waals surface area contributed by atoms with Gasteiger partial charge >= 0.3 is 0 Å². The number of carbonyl (C=O) groups is 1. The maximum atomic E-state index is 12.6. The Morgan fingerprint density at radius 3 is 2.58 bits per heavy atom. The monoisotopic (exact) mass is 349 g/mol. The number of para-hydroxylation sites is 1. The summed E-state index contributed by atoms with van der Waals surface area (Å²) in [6.45, 7) is 3.51. The molecule has 134 valence electrons. The average Bonchev–Trinajstić information content (AvgIpc) is 3.05. The fraction of sp³-hybridized carbons (Fsp3) is 0.350. The van der Waals surface area contributed by atoms with E-state index in [2.05, 4.69) is 21.5 Å². The number of pyridine rings is 1. The van der Waals surface area contributed by atoms with Gasteiger partial charge in [0.25, 0.3) is 0 Å². The van der Waals surface area contributed by atoms with Gasteiger partial charge in [0.1, 0.15) is 11.3 Å². The Labute approximate surface area is 153 Å². The van der Waals surface area contributed by atoms with Crippen LogP contribution in [-0.4, -0.2) is 63.5 Å². The maximum Gasteiger partial charge on any atom is 0.223 e. The van der Waals surface area contributed by atoms with Gasteiger partial charge in [-0.05, 0) is 31.3 Å². The van der Waals surface area contributed by atoms with Crippen molar-refractivity contribution in [2.45, 2.75) is 12.8 Å². The number of piperazine rings is 1. The number of rotatable bonds is 4. The summed E-state index contributed by atoms with van der Waals surface area (Å²) in [5.74, 6) is 1.09. The summed E-state index contributed by atoms with van der Waals surface area (Å²) in [7, 11) is 2.09. The number of amides is 1. The highest BCUT2D eigenvalue weighted by molar-refractivity contribution is 5.77. The van der Waals surface area contributed by atoms with E-state index in [4.69, 9.17) is 4.98 Å². The van der Waals surface area contributed by atoms with E-state index in [-0.39, 0.29) is 5.91 Å². The van der Waals surface area contributed by atoms with Crippen LogP contribution >= 0.6 is 0 Å². The lowest BCUT2D eigenvalue weighted by Gasteiger charge is -2.32. The molecule has 1 saturated heterocycles. The van der Waals surface area contributed by atoms with Gasteiger partial charge < -0.3 is 9.80 Å². The molecule has 6 nitrogen and oxygen atoms in total. The summed E-state index contributed by atoms with van der Waals surface area (Å²) in [5, 5.41) is 0. The highest BCUT2D eigenvalue weighted by atomic mass is 16.2.